The summed E-state index contributed by atoms with van der Waals surface area (Å²) in [6.45, 7) is 1.21. The van der Waals surface area contributed by atoms with Crippen LogP contribution in [0.15, 0.2) is 40.8 Å². The molecule has 0 bridgehead atoms. The second-order valence-corrected chi connectivity index (χ2v) is 4.04. The molecule has 0 fully saturated rings. The molecule has 20 heavy (non-hydrogen) atoms. The van der Waals surface area contributed by atoms with Crippen LogP contribution >= 0.6 is 0 Å². The molecule has 5 nitrogen and oxygen atoms in total. The number of hydrogen-bond acceptors (Lipinski definition) is 4. The van der Waals surface area contributed by atoms with E-state index >= 15 is 0 Å². The third kappa shape index (κ3) is 3.68. The van der Waals surface area contributed by atoms with Gasteiger partial charge in [0.2, 0.25) is 5.76 Å². The topological polar surface area (TPSA) is 68.5 Å². The summed E-state index contributed by atoms with van der Waals surface area (Å²) in [5.74, 6) is -1.16. The van der Waals surface area contributed by atoms with E-state index in [2.05, 4.69) is 5.32 Å². The number of furan rings is 1. The van der Waals surface area contributed by atoms with Gasteiger partial charge in [0.1, 0.15) is 11.6 Å². The van der Waals surface area contributed by atoms with Crippen molar-refractivity contribution >= 4 is 17.6 Å². The maximum Gasteiger partial charge on any atom is 0.374 e. The lowest BCUT2D eigenvalue weighted by molar-refractivity contribution is -0.119. The first-order chi connectivity index (χ1) is 9.54. The van der Waals surface area contributed by atoms with Gasteiger partial charge in [0.05, 0.1) is 0 Å². The van der Waals surface area contributed by atoms with E-state index in [9.17, 15) is 14.0 Å². The fraction of sp³-hybridized carbons (Fsp3) is 0.143. The van der Waals surface area contributed by atoms with Gasteiger partial charge in [-0.05, 0) is 37.3 Å². The third-order valence-electron chi connectivity index (χ3n) is 2.38. The van der Waals surface area contributed by atoms with Crippen LogP contribution in [0.2, 0.25) is 0 Å². The highest BCUT2D eigenvalue weighted by Crippen LogP contribution is 2.10. The third-order valence-corrected chi connectivity index (χ3v) is 2.38. The molecule has 0 unspecified atom stereocenters. The lowest BCUT2D eigenvalue weighted by atomic mass is 10.3. The van der Waals surface area contributed by atoms with E-state index in [1.54, 1.807) is 13.0 Å². The van der Waals surface area contributed by atoms with Crippen molar-refractivity contribution < 1.29 is 23.1 Å². The zero-order valence-electron chi connectivity index (χ0n) is 10.7. The maximum atomic E-state index is 12.9. The van der Waals surface area contributed by atoms with Gasteiger partial charge < -0.3 is 14.5 Å². The van der Waals surface area contributed by atoms with Crippen LogP contribution in [0.4, 0.5) is 10.1 Å². The van der Waals surface area contributed by atoms with Gasteiger partial charge in [-0.3, -0.25) is 4.79 Å². The highest BCUT2D eigenvalue weighted by molar-refractivity contribution is 5.94. The Hall–Kier alpha value is -2.63. The number of esters is 1. The fourth-order valence-corrected chi connectivity index (χ4v) is 1.51. The van der Waals surface area contributed by atoms with E-state index in [0.29, 0.717) is 11.4 Å². The first-order valence-electron chi connectivity index (χ1n) is 5.83. The molecule has 104 valence electrons. The SMILES string of the molecule is Cc1ccc(C(=O)OCC(=O)Nc2cccc(F)c2)o1. The number of carbonyl (C=O) groups excluding carboxylic acids is 2. The molecule has 0 aliphatic heterocycles. The van der Waals surface area contributed by atoms with Crippen LogP contribution in [0.25, 0.3) is 0 Å². The minimum atomic E-state index is -0.729. The normalized spacial score (nSPS) is 10.1. The van der Waals surface area contributed by atoms with Crippen LogP contribution in [0.1, 0.15) is 16.3 Å². The Morgan fingerprint density at radius 2 is 2.10 bits per heavy atom. The van der Waals surface area contributed by atoms with Gasteiger partial charge >= 0.3 is 5.97 Å². The molecule has 2 aromatic rings. The molecule has 0 saturated carbocycles. The van der Waals surface area contributed by atoms with Crippen molar-refractivity contribution in [2.24, 2.45) is 0 Å². The molecule has 1 aromatic heterocycles. The summed E-state index contributed by atoms with van der Waals surface area (Å²) in [5.41, 5.74) is 0.292. The number of hydrogen-bond donors (Lipinski definition) is 1. The lowest BCUT2D eigenvalue weighted by Gasteiger charge is -2.05. The summed E-state index contributed by atoms with van der Waals surface area (Å²) in [6, 6.07) is 8.48. The molecule has 1 amide bonds. The summed E-state index contributed by atoms with van der Waals surface area (Å²) in [5, 5.41) is 2.41. The fourth-order valence-electron chi connectivity index (χ4n) is 1.51. The van der Waals surface area contributed by atoms with Crippen molar-refractivity contribution in [1.29, 1.82) is 0 Å². The van der Waals surface area contributed by atoms with Gasteiger partial charge in [-0.15, -0.1) is 0 Å². The van der Waals surface area contributed by atoms with E-state index in [1.165, 1.54) is 24.3 Å². The number of amides is 1. The Labute approximate surface area is 114 Å². The standard InChI is InChI=1S/C14H12FNO4/c1-9-5-6-12(20-9)14(18)19-8-13(17)16-11-4-2-3-10(15)7-11/h2-7H,8H2,1H3,(H,16,17). The molecular weight excluding hydrogens is 265 g/mol. The van der Waals surface area contributed by atoms with Gasteiger partial charge in [0, 0.05) is 5.69 Å². The van der Waals surface area contributed by atoms with E-state index in [-0.39, 0.29) is 5.76 Å². The summed E-state index contributed by atoms with van der Waals surface area (Å²) < 4.78 is 22.7. The lowest BCUT2D eigenvalue weighted by Crippen LogP contribution is -2.20. The first kappa shape index (κ1) is 13.8. The van der Waals surface area contributed by atoms with Crippen molar-refractivity contribution in [1.82, 2.24) is 0 Å². The van der Waals surface area contributed by atoms with Crippen molar-refractivity contribution in [3.8, 4) is 0 Å². The van der Waals surface area contributed by atoms with Crippen molar-refractivity contribution in [3.05, 3.63) is 53.7 Å². The van der Waals surface area contributed by atoms with Crippen LogP contribution in [-0.4, -0.2) is 18.5 Å². The van der Waals surface area contributed by atoms with Gasteiger partial charge in [0.15, 0.2) is 6.61 Å². The highest BCUT2D eigenvalue weighted by Gasteiger charge is 2.13. The molecule has 1 aromatic carbocycles. The number of carbonyl (C=O) groups is 2. The van der Waals surface area contributed by atoms with Crippen LogP contribution in [-0.2, 0) is 9.53 Å². The van der Waals surface area contributed by atoms with Gasteiger partial charge in [-0.2, -0.15) is 0 Å². The summed E-state index contributed by atoms with van der Waals surface area (Å²) in [4.78, 5) is 23.0. The number of ether oxygens (including phenoxy) is 1. The van der Waals surface area contributed by atoms with E-state index in [0.717, 1.165) is 6.07 Å². The number of rotatable bonds is 4. The molecule has 6 heteroatoms. The average molecular weight is 277 g/mol. The molecule has 0 saturated heterocycles. The minimum absolute atomic E-state index is 0.0288. The average Bonchev–Trinajstić information content (AvgIpc) is 2.83. The predicted octanol–water partition coefficient (Wildman–Crippen LogP) is 2.52. The predicted molar refractivity (Wildman–Crippen MR) is 68.8 cm³/mol. The summed E-state index contributed by atoms with van der Waals surface area (Å²) in [6.07, 6.45) is 0. The zero-order chi connectivity index (χ0) is 14.5. The van der Waals surface area contributed by atoms with E-state index in [4.69, 9.17) is 9.15 Å². The number of aryl methyl sites for hydroxylation is 1. The second kappa shape index (κ2) is 6.01. The Balaban J connectivity index is 1.85. The molecule has 2 rings (SSSR count). The van der Waals surface area contributed by atoms with Gasteiger partial charge in [0.25, 0.3) is 5.91 Å². The summed E-state index contributed by atoms with van der Waals surface area (Å²) in [7, 11) is 0. The van der Waals surface area contributed by atoms with E-state index < -0.39 is 24.3 Å². The van der Waals surface area contributed by atoms with Crippen LogP contribution in [0, 0.1) is 12.7 Å². The molecular formula is C14H12FNO4. The largest absolute Gasteiger partial charge is 0.454 e. The number of halogens is 1. The molecule has 0 radical (unpaired) electrons. The first-order valence-corrected chi connectivity index (χ1v) is 5.83. The number of nitrogens with one attached hydrogen (secondary N) is 1. The molecule has 1 heterocycles. The van der Waals surface area contributed by atoms with E-state index in [1.807, 2.05) is 0 Å². The smallest absolute Gasteiger partial charge is 0.374 e. The Morgan fingerprint density at radius 1 is 1.30 bits per heavy atom. The molecule has 0 aliphatic carbocycles. The molecule has 1 N–H and O–H groups in total. The van der Waals surface area contributed by atoms with Crippen molar-refractivity contribution in [3.63, 3.8) is 0 Å². The van der Waals surface area contributed by atoms with Crippen molar-refractivity contribution in [2.45, 2.75) is 6.92 Å². The monoisotopic (exact) mass is 277 g/mol. The quantitative estimate of drug-likeness (QED) is 0.872. The van der Waals surface area contributed by atoms with Gasteiger partial charge in [-0.1, -0.05) is 6.07 Å². The van der Waals surface area contributed by atoms with Crippen LogP contribution in [0.3, 0.4) is 0 Å². The molecule has 0 atom stereocenters. The van der Waals surface area contributed by atoms with Crippen LogP contribution < -0.4 is 5.32 Å². The Morgan fingerprint density at radius 3 is 2.75 bits per heavy atom. The number of benzene rings is 1. The maximum absolute atomic E-state index is 12.9. The zero-order valence-corrected chi connectivity index (χ0v) is 10.7. The van der Waals surface area contributed by atoms with Gasteiger partial charge in [-0.25, -0.2) is 9.18 Å². The Bertz CT molecular complexity index is 636. The number of anilines is 1. The molecule has 0 spiro atoms. The summed E-state index contributed by atoms with van der Waals surface area (Å²) >= 11 is 0. The Kier molecular flexibility index (Phi) is 4.14. The minimum Gasteiger partial charge on any atom is -0.454 e. The second-order valence-electron chi connectivity index (χ2n) is 4.04. The highest BCUT2D eigenvalue weighted by atomic mass is 19.1. The molecule has 0 aliphatic rings. The van der Waals surface area contributed by atoms with Crippen molar-refractivity contribution in [2.75, 3.05) is 11.9 Å². The van der Waals surface area contributed by atoms with Crippen LogP contribution in [0.5, 0.6) is 0 Å².